The largest absolute Gasteiger partial charge is 0.317 e. The molecule has 0 saturated carbocycles. The lowest BCUT2D eigenvalue weighted by Gasteiger charge is -2.08. The fourth-order valence-electron chi connectivity index (χ4n) is 1.69. The van der Waals surface area contributed by atoms with Crippen molar-refractivity contribution in [1.29, 1.82) is 0 Å². The van der Waals surface area contributed by atoms with E-state index in [0.717, 1.165) is 5.92 Å². The molecule has 0 aliphatic carbocycles. The molecular formula is C10H22N2. The summed E-state index contributed by atoms with van der Waals surface area (Å²) in [7, 11) is 0. The van der Waals surface area contributed by atoms with Gasteiger partial charge >= 0.3 is 0 Å². The number of unbranched alkanes of at least 4 members (excludes halogenated alkanes) is 1. The summed E-state index contributed by atoms with van der Waals surface area (Å²) in [4.78, 5) is 0. The summed E-state index contributed by atoms with van der Waals surface area (Å²) in [5.41, 5.74) is 0. The molecule has 0 aromatic rings. The van der Waals surface area contributed by atoms with Gasteiger partial charge < -0.3 is 10.6 Å². The SMILES string of the molecule is CCCCNCCC1CCNC1. The van der Waals surface area contributed by atoms with Crippen molar-refractivity contribution in [3.05, 3.63) is 0 Å². The van der Waals surface area contributed by atoms with Gasteiger partial charge in [-0.05, 0) is 51.4 Å². The van der Waals surface area contributed by atoms with Crippen molar-refractivity contribution in [3.8, 4) is 0 Å². The van der Waals surface area contributed by atoms with Gasteiger partial charge in [0.1, 0.15) is 0 Å². The molecule has 1 fully saturated rings. The van der Waals surface area contributed by atoms with Crippen LogP contribution >= 0.6 is 0 Å². The van der Waals surface area contributed by atoms with Crippen LogP contribution in [0.15, 0.2) is 0 Å². The van der Waals surface area contributed by atoms with Crippen LogP contribution in [0.5, 0.6) is 0 Å². The monoisotopic (exact) mass is 170 g/mol. The van der Waals surface area contributed by atoms with Gasteiger partial charge in [0.2, 0.25) is 0 Å². The molecule has 1 atom stereocenters. The molecule has 0 radical (unpaired) electrons. The zero-order valence-corrected chi connectivity index (χ0v) is 8.23. The fourth-order valence-corrected chi connectivity index (χ4v) is 1.69. The summed E-state index contributed by atoms with van der Waals surface area (Å²) in [6, 6.07) is 0. The molecule has 0 amide bonds. The van der Waals surface area contributed by atoms with Crippen molar-refractivity contribution >= 4 is 0 Å². The van der Waals surface area contributed by atoms with E-state index in [2.05, 4.69) is 17.6 Å². The normalized spacial score (nSPS) is 23.2. The van der Waals surface area contributed by atoms with Crippen molar-refractivity contribution in [2.45, 2.75) is 32.6 Å². The number of hydrogen-bond acceptors (Lipinski definition) is 2. The molecule has 1 aliphatic rings. The topological polar surface area (TPSA) is 24.1 Å². The van der Waals surface area contributed by atoms with E-state index in [-0.39, 0.29) is 0 Å². The first-order valence-electron chi connectivity index (χ1n) is 5.35. The molecule has 72 valence electrons. The lowest BCUT2D eigenvalue weighted by molar-refractivity contribution is 0.496. The fraction of sp³-hybridized carbons (Fsp3) is 1.00. The predicted octanol–water partition coefficient (Wildman–Crippen LogP) is 1.38. The minimum atomic E-state index is 0.944. The molecule has 0 spiro atoms. The van der Waals surface area contributed by atoms with E-state index < -0.39 is 0 Å². The third-order valence-electron chi connectivity index (χ3n) is 2.60. The minimum absolute atomic E-state index is 0.944. The molecule has 1 rings (SSSR count). The second-order valence-electron chi connectivity index (χ2n) is 3.75. The van der Waals surface area contributed by atoms with E-state index in [1.165, 1.54) is 51.9 Å². The summed E-state index contributed by atoms with van der Waals surface area (Å²) in [6.07, 6.45) is 5.37. The van der Waals surface area contributed by atoms with E-state index in [0.29, 0.717) is 0 Å². The Morgan fingerprint density at radius 3 is 3.00 bits per heavy atom. The predicted molar refractivity (Wildman–Crippen MR) is 53.4 cm³/mol. The van der Waals surface area contributed by atoms with Gasteiger partial charge in [-0.1, -0.05) is 13.3 Å². The van der Waals surface area contributed by atoms with Crippen molar-refractivity contribution in [2.24, 2.45) is 5.92 Å². The van der Waals surface area contributed by atoms with Crippen LogP contribution in [0.2, 0.25) is 0 Å². The standard InChI is InChI=1S/C10H22N2/c1-2-3-6-11-7-4-10-5-8-12-9-10/h10-12H,2-9H2,1H3. The zero-order valence-electron chi connectivity index (χ0n) is 8.23. The molecule has 12 heavy (non-hydrogen) atoms. The van der Waals surface area contributed by atoms with Gasteiger partial charge in [-0.25, -0.2) is 0 Å². The molecule has 1 heterocycles. The summed E-state index contributed by atoms with van der Waals surface area (Å²) in [5.74, 6) is 0.944. The molecule has 0 aromatic heterocycles. The van der Waals surface area contributed by atoms with Crippen molar-refractivity contribution in [1.82, 2.24) is 10.6 Å². The highest BCUT2D eigenvalue weighted by Gasteiger charge is 2.12. The van der Waals surface area contributed by atoms with Crippen LogP contribution in [0.1, 0.15) is 32.6 Å². The second kappa shape index (κ2) is 6.44. The zero-order chi connectivity index (χ0) is 8.65. The number of rotatable bonds is 6. The van der Waals surface area contributed by atoms with Crippen LogP contribution in [0, 0.1) is 5.92 Å². The Morgan fingerprint density at radius 2 is 2.33 bits per heavy atom. The van der Waals surface area contributed by atoms with Gasteiger partial charge in [-0.15, -0.1) is 0 Å². The Kier molecular flexibility index (Phi) is 5.37. The minimum Gasteiger partial charge on any atom is -0.317 e. The van der Waals surface area contributed by atoms with Gasteiger partial charge in [0.05, 0.1) is 0 Å². The molecule has 0 aromatic carbocycles. The third-order valence-corrected chi connectivity index (χ3v) is 2.60. The molecule has 1 unspecified atom stereocenters. The molecule has 1 saturated heterocycles. The summed E-state index contributed by atoms with van der Waals surface area (Å²) in [5, 5.41) is 6.88. The van der Waals surface area contributed by atoms with Crippen LogP contribution in [-0.4, -0.2) is 26.2 Å². The third kappa shape index (κ3) is 4.07. The number of nitrogens with one attached hydrogen (secondary N) is 2. The van der Waals surface area contributed by atoms with E-state index in [4.69, 9.17) is 0 Å². The quantitative estimate of drug-likeness (QED) is 0.588. The average molecular weight is 170 g/mol. The van der Waals surface area contributed by atoms with Crippen LogP contribution in [0.4, 0.5) is 0 Å². The Balaban J connectivity index is 1.81. The average Bonchev–Trinajstić information content (AvgIpc) is 2.57. The van der Waals surface area contributed by atoms with Crippen molar-refractivity contribution < 1.29 is 0 Å². The van der Waals surface area contributed by atoms with E-state index in [1.54, 1.807) is 0 Å². The van der Waals surface area contributed by atoms with Gasteiger partial charge in [0, 0.05) is 0 Å². The second-order valence-corrected chi connectivity index (χ2v) is 3.75. The molecule has 2 nitrogen and oxygen atoms in total. The van der Waals surface area contributed by atoms with Crippen LogP contribution in [0.25, 0.3) is 0 Å². The highest BCUT2D eigenvalue weighted by molar-refractivity contribution is 4.71. The Bertz CT molecular complexity index is 98.0. The lowest BCUT2D eigenvalue weighted by Crippen LogP contribution is -2.20. The van der Waals surface area contributed by atoms with E-state index >= 15 is 0 Å². The summed E-state index contributed by atoms with van der Waals surface area (Å²) >= 11 is 0. The molecule has 2 heteroatoms. The molecule has 2 N–H and O–H groups in total. The Labute approximate surface area is 76.1 Å². The first kappa shape index (κ1) is 10.0. The highest BCUT2D eigenvalue weighted by Crippen LogP contribution is 2.10. The maximum atomic E-state index is 3.49. The number of hydrogen-bond donors (Lipinski definition) is 2. The molecule has 1 aliphatic heterocycles. The summed E-state index contributed by atoms with van der Waals surface area (Å²) < 4.78 is 0. The smallest absolute Gasteiger partial charge is 0.00196 e. The van der Waals surface area contributed by atoms with Gasteiger partial charge in [-0.2, -0.15) is 0 Å². The molecular weight excluding hydrogens is 148 g/mol. The Hall–Kier alpha value is -0.0800. The Morgan fingerprint density at radius 1 is 1.42 bits per heavy atom. The van der Waals surface area contributed by atoms with E-state index in [9.17, 15) is 0 Å². The molecule has 0 bridgehead atoms. The van der Waals surface area contributed by atoms with Crippen molar-refractivity contribution in [3.63, 3.8) is 0 Å². The highest BCUT2D eigenvalue weighted by atomic mass is 14.9. The van der Waals surface area contributed by atoms with Gasteiger partial charge in [0.15, 0.2) is 0 Å². The van der Waals surface area contributed by atoms with E-state index in [1.807, 2.05) is 0 Å². The van der Waals surface area contributed by atoms with Crippen LogP contribution in [-0.2, 0) is 0 Å². The van der Waals surface area contributed by atoms with Crippen LogP contribution < -0.4 is 10.6 Å². The van der Waals surface area contributed by atoms with Crippen molar-refractivity contribution in [2.75, 3.05) is 26.2 Å². The van der Waals surface area contributed by atoms with Gasteiger partial charge in [-0.3, -0.25) is 0 Å². The maximum Gasteiger partial charge on any atom is -0.00196 e. The lowest BCUT2D eigenvalue weighted by atomic mass is 10.1. The van der Waals surface area contributed by atoms with Crippen LogP contribution in [0.3, 0.4) is 0 Å². The maximum absolute atomic E-state index is 3.49. The first-order chi connectivity index (χ1) is 5.93. The van der Waals surface area contributed by atoms with Gasteiger partial charge in [0.25, 0.3) is 0 Å². The summed E-state index contributed by atoms with van der Waals surface area (Å²) in [6.45, 7) is 7.14. The first-order valence-corrected chi connectivity index (χ1v) is 5.35.